The van der Waals surface area contributed by atoms with Crippen molar-refractivity contribution >= 4 is 5.91 Å². The zero-order chi connectivity index (χ0) is 18.7. The molecule has 2 aromatic rings. The van der Waals surface area contributed by atoms with Crippen LogP contribution < -0.4 is 0 Å². The number of piperidine rings is 1. The van der Waals surface area contributed by atoms with Gasteiger partial charge in [-0.05, 0) is 38.4 Å². The Kier molecular flexibility index (Phi) is 5.44. The molecule has 1 fully saturated rings. The van der Waals surface area contributed by atoms with E-state index in [9.17, 15) is 9.90 Å². The molecule has 26 heavy (non-hydrogen) atoms. The minimum Gasteiger partial charge on any atom is -0.388 e. The van der Waals surface area contributed by atoms with Gasteiger partial charge in [-0.25, -0.2) is 4.68 Å². The fourth-order valence-corrected chi connectivity index (χ4v) is 3.53. The lowest BCUT2D eigenvalue weighted by Crippen LogP contribution is -2.50. The van der Waals surface area contributed by atoms with Crippen molar-refractivity contribution in [3.05, 3.63) is 47.8 Å². The normalized spacial score (nSPS) is 20.9. The summed E-state index contributed by atoms with van der Waals surface area (Å²) in [5.41, 5.74) is 2.24. The van der Waals surface area contributed by atoms with Gasteiger partial charge in [0.05, 0.1) is 23.4 Å². The summed E-state index contributed by atoms with van der Waals surface area (Å²) in [6.45, 7) is 4.19. The molecule has 6 nitrogen and oxygen atoms in total. The number of benzene rings is 1. The molecule has 0 bridgehead atoms. The lowest BCUT2D eigenvalue weighted by atomic mass is 9.89. The molecule has 1 atom stereocenters. The van der Waals surface area contributed by atoms with Gasteiger partial charge in [0.25, 0.3) is 0 Å². The van der Waals surface area contributed by atoms with Crippen molar-refractivity contribution in [2.24, 2.45) is 0 Å². The van der Waals surface area contributed by atoms with Crippen LogP contribution in [0.5, 0.6) is 0 Å². The Morgan fingerprint density at radius 3 is 2.73 bits per heavy atom. The number of para-hydroxylation sites is 1. The number of aryl methyl sites for hydroxylation is 1. The molecule has 0 radical (unpaired) electrons. The van der Waals surface area contributed by atoms with Gasteiger partial charge in [0.1, 0.15) is 0 Å². The summed E-state index contributed by atoms with van der Waals surface area (Å²) in [4.78, 5) is 15.8. The van der Waals surface area contributed by atoms with Crippen LogP contribution in [0.3, 0.4) is 0 Å². The third-order valence-electron chi connectivity index (χ3n) is 5.03. The summed E-state index contributed by atoms with van der Waals surface area (Å²) in [5.74, 6) is -0.0255. The molecule has 1 unspecified atom stereocenters. The Labute approximate surface area is 155 Å². The van der Waals surface area contributed by atoms with Crippen LogP contribution >= 0.6 is 0 Å². The third kappa shape index (κ3) is 4.31. The van der Waals surface area contributed by atoms with E-state index in [0.717, 1.165) is 36.5 Å². The van der Waals surface area contributed by atoms with Crippen LogP contribution in [0.25, 0.3) is 5.69 Å². The Hall–Kier alpha value is -2.18. The fraction of sp³-hybridized carbons (Fsp3) is 0.500. The molecule has 1 aliphatic rings. The van der Waals surface area contributed by atoms with Gasteiger partial charge in [0, 0.05) is 38.9 Å². The number of aliphatic hydroxyl groups is 1. The van der Waals surface area contributed by atoms with Crippen molar-refractivity contribution < 1.29 is 9.90 Å². The number of hydrogen-bond acceptors (Lipinski definition) is 4. The van der Waals surface area contributed by atoms with Gasteiger partial charge in [0.15, 0.2) is 0 Å². The monoisotopic (exact) mass is 356 g/mol. The maximum atomic E-state index is 12.0. The topological polar surface area (TPSA) is 61.6 Å². The van der Waals surface area contributed by atoms with Gasteiger partial charge < -0.3 is 10.0 Å². The van der Waals surface area contributed by atoms with E-state index in [4.69, 9.17) is 0 Å². The number of nitrogens with zero attached hydrogens (tertiary/aromatic N) is 4. The van der Waals surface area contributed by atoms with Gasteiger partial charge in [-0.15, -0.1) is 0 Å². The molecular weight excluding hydrogens is 328 g/mol. The Bertz CT molecular complexity index is 756. The summed E-state index contributed by atoms with van der Waals surface area (Å²) >= 11 is 0. The van der Waals surface area contributed by atoms with E-state index in [-0.39, 0.29) is 12.3 Å². The molecule has 1 aromatic heterocycles. The molecule has 1 aromatic carbocycles. The highest BCUT2D eigenvalue weighted by atomic mass is 16.3. The van der Waals surface area contributed by atoms with Gasteiger partial charge in [-0.3, -0.25) is 9.69 Å². The Morgan fingerprint density at radius 1 is 1.31 bits per heavy atom. The predicted molar refractivity (Wildman–Crippen MR) is 101 cm³/mol. The van der Waals surface area contributed by atoms with E-state index in [2.05, 4.69) is 16.2 Å². The number of hydrogen-bond donors (Lipinski definition) is 1. The first kappa shape index (κ1) is 18.6. The number of carbonyl (C=O) groups is 1. The highest BCUT2D eigenvalue weighted by Gasteiger charge is 2.36. The van der Waals surface area contributed by atoms with Crippen molar-refractivity contribution in [3.63, 3.8) is 0 Å². The molecule has 1 aliphatic heterocycles. The van der Waals surface area contributed by atoms with E-state index < -0.39 is 5.60 Å². The second-order valence-corrected chi connectivity index (χ2v) is 7.52. The molecule has 6 heteroatoms. The minimum atomic E-state index is -0.942. The van der Waals surface area contributed by atoms with Gasteiger partial charge in [-0.2, -0.15) is 5.10 Å². The van der Waals surface area contributed by atoms with Gasteiger partial charge >= 0.3 is 0 Å². The molecule has 1 N–H and O–H groups in total. The first-order valence-electron chi connectivity index (χ1n) is 9.12. The Balaban J connectivity index is 1.69. The minimum absolute atomic E-state index is 0.0255. The van der Waals surface area contributed by atoms with E-state index >= 15 is 0 Å². The average Bonchev–Trinajstić information content (AvgIpc) is 2.96. The molecular formula is C20H28N4O2. The molecule has 140 valence electrons. The highest BCUT2D eigenvalue weighted by Crippen LogP contribution is 2.27. The highest BCUT2D eigenvalue weighted by molar-refractivity contribution is 5.76. The number of β-amino-alcohol motifs (C(OH)–C–C–N with tert-alkyl or cyclic N) is 1. The van der Waals surface area contributed by atoms with Crippen molar-refractivity contribution in [3.8, 4) is 5.69 Å². The number of rotatable bonds is 5. The van der Waals surface area contributed by atoms with Crippen LogP contribution in [-0.4, -0.2) is 63.4 Å². The van der Waals surface area contributed by atoms with Gasteiger partial charge in [0.2, 0.25) is 5.91 Å². The number of likely N-dealkylation sites (tertiary alicyclic amines) is 1. The van der Waals surface area contributed by atoms with Crippen molar-refractivity contribution in [2.75, 3.05) is 27.2 Å². The first-order valence-corrected chi connectivity index (χ1v) is 9.12. The molecule has 0 saturated carbocycles. The number of aromatic nitrogens is 2. The molecule has 1 saturated heterocycles. The van der Waals surface area contributed by atoms with Crippen LogP contribution in [0.1, 0.15) is 30.5 Å². The summed E-state index contributed by atoms with van der Waals surface area (Å²) in [7, 11) is 3.46. The van der Waals surface area contributed by atoms with Crippen molar-refractivity contribution in [2.45, 2.75) is 38.3 Å². The Morgan fingerprint density at radius 2 is 2.04 bits per heavy atom. The van der Waals surface area contributed by atoms with Crippen LogP contribution in [0.4, 0.5) is 0 Å². The van der Waals surface area contributed by atoms with E-state index in [1.807, 2.05) is 41.9 Å². The average molecular weight is 356 g/mol. The smallest absolute Gasteiger partial charge is 0.224 e. The third-order valence-corrected chi connectivity index (χ3v) is 5.03. The summed E-state index contributed by atoms with van der Waals surface area (Å²) < 4.78 is 1.90. The summed E-state index contributed by atoms with van der Waals surface area (Å²) in [6.07, 6.45) is 3.80. The van der Waals surface area contributed by atoms with Crippen molar-refractivity contribution in [1.82, 2.24) is 19.6 Å². The maximum absolute atomic E-state index is 12.0. The fourth-order valence-electron chi connectivity index (χ4n) is 3.53. The maximum Gasteiger partial charge on any atom is 0.224 e. The van der Waals surface area contributed by atoms with Crippen LogP contribution in [0.2, 0.25) is 0 Å². The zero-order valence-corrected chi connectivity index (χ0v) is 15.9. The number of amides is 1. The molecule has 3 rings (SSSR count). The second-order valence-electron chi connectivity index (χ2n) is 7.52. The van der Waals surface area contributed by atoms with Crippen LogP contribution in [0.15, 0.2) is 36.5 Å². The van der Waals surface area contributed by atoms with Gasteiger partial charge in [-0.1, -0.05) is 18.2 Å². The first-order chi connectivity index (χ1) is 12.4. The SMILES string of the molecule is Cc1nn(-c2ccccc2)cc1CN1CCCC(O)(CC(=O)N(C)C)C1. The number of carbonyl (C=O) groups excluding carboxylic acids is 1. The largest absolute Gasteiger partial charge is 0.388 e. The summed E-state index contributed by atoms with van der Waals surface area (Å²) in [6, 6.07) is 10.0. The molecule has 1 amide bonds. The zero-order valence-electron chi connectivity index (χ0n) is 15.9. The summed E-state index contributed by atoms with van der Waals surface area (Å²) in [5, 5.41) is 15.5. The van der Waals surface area contributed by atoms with E-state index in [0.29, 0.717) is 13.0 Å². The van der Waals surface area contributed by atoms with E-state index in [1.54, 1.807) is 19.0 Å². The predicted octanol–water partition coefficient (Wildman–Crippen LogP) is 1.99. The standard InChI is InChI=1S/C20H28N4O2/c1-16-17(14-24(21-16)18-8-5-4-6-9-18)13-23-11-7-10-20(26,15-23)12-19(25)22(2)3/h4-6,8-9,14,26H,7,10-13,15H2,1-3H3. The molecule has 2 heterocycles. The molecule has 0 aliphatic carbocycles. The lowest BCUT2D eigenvalue weighted by molar-refractivity contribution is -0.136. The van der Waals surface area contributed by atoms with Crippen LogP contribution in [0, 0.1) is 6.92 Å². The molecule has 0 spiro atoms. The van der Waals surface area contributed by atoms with Crippen molar-refractivity contribution in [1.29, 1.82) is 0 Å². The quantitative estimate of drug-likeness (QED) is 0.890. The lowest BCUT2D eigenvalue weighted by Gasteiger charge is -2.39. The van der Waals surface area contributed by atoms with Crippen LogP contribution in [-0.2, 0) is 11.3 Å². The second kappa shape index (κ2) is 7.60. The van der Waals surface area contributed by atoms with E-state index in [1.165, 1.54) is 0 Å².